The van der Waals surface area contributed by atoms with Gasteiger partial charge in [0, 0.05) is 11.3 Å². The van der Waals surface area contributed by atoms with E-state index in [0.717, 1.165) is 10.9 Å². The number of carbonyl (C=O) groups is 1. The fraction of sp³-hybridized carbons (Fsp3) is 0.846. The highest BCUT2D eigenvalue weighted by Crippen LogP contribution is 2.36. The Hall–Kier alpha value is -0.710. The molecule has 4 nitrogen and oxygen atoms in total. The normalized spacial score (nSPS) is 25.3. The van der Waals surface area contributed by atoms with Crippen molar-refractivity contribution in [2.24, 2.45) is 16.1 Å². The van der Waals surface area contributed by atoms with Gasteiger partial charge in [-0.15, -0.1) is 0 Å². The molecule has 0 aromatic rings. The van der Waals surface area contributed by atoms with Gasteiger partial charge in [-0.1, -0.05) is 31.0 Å². The molecule has 0 aromatic heterocycles. The van der Waals surface area contributed by atoms with Crippen LogP contribution in [0.25, 0.3) is 0 Å². The van der Waals surface area contributed by atoms with Gasteiger partial charge in [0.05, 0.1) is 12.0 Å². The fourth-order valence-electron chi connectivity index (χ4n) is 2.44. The topological polar surface area (TPSA) is 67.5 Å². The molecule has 0 unspecified atom stereocenters. The lowest BCUT2D eigenvalue weighted by molar-refractivity contribution is -0.125. The molecule has 1 amide bonds. The van der Waals surface area contributed by atoms with Crippen LogP contribution in [-0.2, 0) is 4.79 Å². The predicted molar refractivity (Wildman–Crippen MR) is 76.7 cm³/mol. The third-order valence-corrected chi connectivity index (χ3v) is 5.15. The number of aliphatic imine (C=N–C) groups is 1. The molecule has 1 heterocycles. The molecule has 1 spiro atoms. The molecule has 102 valence electrons. The zero-order chi connectivity index (χ0) is 13.2. The van der Waals surface area contributed by atoms with E-state index in [1.807, 2.05) is 13.8 Å². The molecule has 1 saturated carbocycles. The monoisotopic (exact) mass is 269 g/mol. The Balaban J connectivity index is 1.94. The van der Waals surface area contributed by atoms with Crippen LogP contribution in [0.4, 0.5) is 0 Å². The van der Waals surface area contributed by atoms with Gasteiger partial charge in [-0.05, 0) is 26.7 Å². The Morgan fingerprint density at radius 1 is 1.44 bits per heavy atom. The number of hydrogen-bond donors (Lipinski definition) is 2. The number of thioether (sulfide) groups is 1. The van der Waals surface area contributed by atoms with Gasteiger partial charge in [0.15, 0.2) is 5.17 Å². The second-order valence-electron chi connectivity index (χ2n) is 6.12. The van der Waals surface area contributed by atoms with Crippen LogP contribution in [0.3, 0.4) is 0 Å². The van der Waals surface area contributed by atoms with E-state index in [9.17, 15) is 4.79 Å². The second-order valence-corrected chi connectivity index (χ2v) is 7.09. The molecule has 1 aliphatic carbocycles. The van der Waals surface area contributed by atoms with Gasteiger partial charge in [0.25, 0.3) is 0 Å². The number of rotatable bonds is 3. The van der Waals surface area contributed by atoms with E-state index in [-0.39, 0.29) is 11.4 Å². The minimum absolute atomic E-state index is 0.276. The molecule has 2 fully saturated rings. The first-order valence-corrected chi connectivity index (χ1v) is 7.68. The van der Waals surface area contributed by atoms with E-state index in [1.54, 1.807) is 11.8 Å². The number of nitrogens with zero attached hydrogens (tertiary/aromatic N) is 1. The summed E-state index contributed by atoms with van der Waals surface area (Å²) in [5.74, 6) is 0.824. The smallest absolute Gasteiger partial charge is 0.224 e. The Bertz CT molecular complexity index is 359. The van der Waals surface area contributed by atoms with Crippen LogP contribution in [0.1, 0.15) is 46.0 Å². The minimum Gasteiger partial charge on any atom is -0.369 e. The number of nitrogens with two attached hydrogens (primary N) is 1. The highest BCUT2D eigenvalue weighted by Gasteiger charge is 2.38. The van der Waals surface area contributed by atoms with Crippen molar-refractivity contribution in [2.45, 2.75) is 51.5 Å². The van der Waals surface area contributed by atoms with Gasteiger partial charge in [-0.2, -0.15) is 0 Å². The number of amides is 1. The largest absolute Gasteiger partial charge is 0.369 e. The molecule has 0 aromatic carbocycles. The van der Waals surface area contributed by atoms with Crippen molar-refractivity contribution in [3.05, 3.63) is 0 Å². The first kappa shape index (κ1) is 13.7. The van der Waals surface area contributed by atoms with E-state index in [0.29, 0.717) is 6.54 Å². The number of primary amides is 1. The van der Waals surface area contributed by atoms with Crippen molar-refractivity contribution < 1.29 is 4.79 Å². The van der Waals surface area contributed by atoms with Crippen LogP contribution in [0, 0.1) is 5.41 Å². The first-order chi connectivity index (χ1) is 8.44. The van der Waals surface area contributed by atoms with Crippen molar-refractivity contribution in [3.63, 3.8) is 0 Å². The Morgan fingerprint density at radius 2 is 2.11 bits per heavy atom. The lowest BCUT2D eigenvalue weighted by atomic mass is 9.83. The maximum Gasteiger partial charge on any atom is 0.224 e. The molecule has 5 heteroatoms. The summed E-state index contributed by atoms with van der Waals surface area (Å²) in [5, 5.41) is 4.57. The standard InChI is InChI=1S/C13H23N3OS/c1-12(2,10(14)17)8-15-11-16-13(9-18-11)6-4-3-5-7-13/h3-9H2,1-2H3,(H2,14,17)(H,15,16). The molecule has 3 N–H and O–H groups in total. The predicted octanol–water partition coefficient (Wildman–Crippen LogP) is 1.89. The Morgan fingerprint density at radius 3 is 2.72 bits per heavy atom. The zero-order valence-corrected chi connectivity index (χ0v) is 12.1. The summed E-state index contributed by atoms with van der Waals surface area (Å²) in [6.07, 6.45) is 6.48. The summed E-state index contributed by atoms with van der Waals surface area (Å²) < 4.78 is 0. The third kappa shape index (κ3) is 2.99. The van der Waals surface area contributed by atoms with Gasteiger partial charge in [0.2, 0.25) is 5.91 Å². The van der Waals surface area contributed by atoms with Crippen LogP contribution >= 0.6 is 11.8 Å². The van der Waals surface area contributed by atoms with E-state index in [2.05, 4.69) is 10.3 Å². The number of nitrogens with one attached hydrogen (secondary N) is 1. The fourth-order valence-corrected chi connectivity index (χ4v) is 3.65. The lowest BCUT2D eigenvalue weighted by Crippen LogP contribution is -2.45. The molecule has 2 aliphatic rings. The SMILES string of the molecule is CC(C)(CN=C1NC2(CCCCC2)CS1)C(N)=O. The second kappa shape index (κ2) is 5.11. The number of carbonyl (C=O) groups excluding carboxylic acids is 1. The van der Waals surface area contributed by atoms with Crippen LogP contribution in [-0.4, -0.2) is 28.9 Å². The molecule has 0 bridgehead atoms. The summed E-state index contributed by atoms with van der Waals surface area (Å²) in [6, 6.07) is 0. The Labute approximate surface area is 113 Å². The third-order valence-electron chi connectivity index (χ3n) is 3.95. The average molecular weight is 269 g/mol. The zero-order valence-electron chi connectivity index (χ0n) is 11.3. The van der Waals surface area contributed by atoms with Crippen molar-refractivity contribution >= 4 is 22.8 Å². The van der Waals surface area contributed by atoms with Crippen LogP contribution in [0.15, 0.2) is 4.99 Å². The quantitative estimate of drug-likeness (QED) is 0.822. The van der Waals surface area contributed by atoms with E-state index >= 15 is 0 Å². The number of hydrogen-bond acceptors (Lipinski definition) is 3. The molecular formula is C13H23N3OS. The summed E-state index contributed by atoms with van der Waals surface area (Å²) in [5.41, 5.74) is 5.07. The lowest BCUT2D eigenvalue weighted by Gasteiger charge is -2.32. The molecule has 0 atom stereocenters. The Kier molecular flexibility index (Phi) is 3.90. The molecule has 18 heavy (non-hydrogen) atoms. The van der Waals surface area contributed by atoms with E-state index < -0.39 is 5.41 Å². The first-order valence-electron chi connectivity index (χ1n) is 6.69. The molecular weight excluding hydrogens is 246 g/mol. The molecule has 2 rings (SSSR count). The summed E-state index contributed by atoms with van der Waals surface area (Å²) in [4.78, 5) is 15.8. The van der Waals surface area contributed by atoms with E-state index in [4.69, 9.17) is 5.73 Å². The van der Waals surface area contributed by atoms with Crippen molar-refractivity contribution in [2.75, 3.05) is 12.3 Å². The summed E-state index contributed by atoms with van der Waals surface area (Å²) in [7, 11) is 0. The highest BCUT2D eigenvalue weighted by atomic mass is 32.2. The summed E-state index contributed by atoms with van der Waals surface area (Å²) >= 11 is 1.79. The highest BCUT2D eigenvalue weighted by molar-refractivity contribution is 8.14. The summed E-state index contributed by atoms with van der Waals surface area (Å²) in [6.45, 7) is 4.15. The van der Waals surface area contributed by atoms with E-state index in [1.165, 1.54) is 32.1 Å². The van der Waals surface area contributed by atoms with Crippen LogP contribution in [0.5, 0.6) is 0 Å². The molecule has 1 saturated heterocycles. The molecule has 1 aliphatic heterocycles. The van der Waals surface area contributed by atoms with Crippen LogP contribution < -0.4 is 11.1 Å². The molecule has 0 radical (unpaired) electrons. The van der Waals surface area contributed by atoms with Crippen LogP contribution in [0.2, 0.25) is 0 Å². The maximum atomic E-state index is 11.2. The maximum absolute atomic E-state index is 11.2. The van der Waals surface area contributed by atoms with Crippen molar-refractivity contribution in [3.8, 4) is 0 Å². The van der Waals surface area contributed by atoms with Crippen molar-refractivity contribution in [1.29, 1.82) is 0 Å². The number of amidine groups is 1. The van der Waals surface area contributed by atoms with Gasteiger partial charge in [0.1, 0.15) is 0 Å². The minimum atomic E-state index is -0.558. The van der Waals surface area contributed by atoms with Gasteiger partial charge in [-0.25, -0.2) is 0 Å². The van der Waals surface area contributed by atoms with Gasteiger partial charge < -0.3 is 11.1 Å². The van der Waals surface area contributed by atoms with Gasteiger partial charge in [-0.3, -0.25) is 9.79 Å². The van der Waals surface area contributed by atoms with Gasteiger partial charge >= 0.3 is 0 Å². The van der Waals surface area contributed by atoms with Crippen molar-refractivity contribution in [1.82, 2.24) is 5.32 Å². The average Bonchev–Trinajstić information content (AvgIpc) is 2.71.